The highest BCUT2D eigenvalue weighted by atomic mass is 35.5. The Hall–Kier alpha value is -2.66. The van der Waals surface area contributed by atoms with Crippen molar-refractivity contribution in [3.8, 4) is 34.3 Å². The fourth-order valence-electron chi connectivity index (χ4n) is 3.20. The number of benzene rings is 2. The minimum Gasteiger partial charge on any atom is -1.00 e. The second-order valence-corrected chi connectivity index (χ2v) is 6.13. The van der Waals surface area contributed by atoms with Crippen molar-refractivity contribution in [2.75, 3.05) is 26.4 Å². The maximum absolute atomic E-state index is 5.82. The number of hydrogen-bond donors (Lipinski definition) is 0. The zero-order valence-corrected chi connectivity index (χ0v) is 18.1. The smallest absolute Gasteiger partial charge is 0.218 e. The third kappa shape index (κ3) is 5.04. The predicted octanol–water partition coefficient (Wildman–Crippen LogP) is 1.92. The van der Waals surface area contributed by atoms with E-state index >= 15 is 0 Å². The molecule has 2 aromatic carbocycles. The van der Waals surface area contributed by atoms with Crippen LogP contribution in [0, 0.1) is 0 Å². The van der Waals surface area contributed by atoms with Gasteiger partial charge in [0.2, 0.25) is 5.69 Å². The van der Waals surface area contributed by atoms with Crippen LogP contribution in [0.5, 0.6) is 23.0 Å². The molecule has 0 spiro atoms. The number of ether oxygens (including phenoxy) is 4. The van der Waals surface area contributed by atoms with Gasteiger partial charge in [0, 0.05) is 6.07 Å². The van der Waals surface area contributed by atoms with Crippen LogP contribution in [0.1, 0.15) is 27.7 Å². The molecule has 0 saturated heterocycles. The van der Waals surface area contributed by atoms with Gasteiger partial charge >= 0.3 is 0 Å². The second kappa shape index (κ2) is 10.8. The Morgan fingerprint density at radius 3 is 1.83 bits per heavy atom. The van der Waals surface area contributed by atoms with E-state index < -0.39 is 0 Å². The minimum atomic E-state index is 0. The Morgan fingerprint density at radius 1 is 0.655 bits per heavy atom. The van der Waals surface area contributed by atoms with Gasteiger partial charge in [-0.15, -0.1) is 0 Å². The molecule has 0 radical (unpaired) electrons. The summed E-state index contributed by atoms with van der Waals surface area (Å²) in [4.78, 5) is 3.38. The molecule has 3 aromatic rings. The van der Waals surface area contributed by atoms with E-state index in [1.807, 2.05) is 70.3 Å². The standard InChI is InChI=1S/C23H27NO4.ClH/c1-5-25-19-10-9-17(14-20(19)26-6-2)23-18-15-22(28-8-4)21(27-7-3)13-16(18)11-12-24-23;/h9-15H,5-8H2,1-4H3;1H. The summed E-state index contributed by atoms with van der Waals surface area (Å²) in [5.41, 5.74) is 2.01. The maximum atomic E-state index is 5.82. The van der Waals surface area contributed by atoms with Crippen molar-refractivity contribution in [1.29, 1.82) is 0 Å². The molecule has 1 aromatic heterocycles. The van der Waals surface area contributed by atoms with E-state index in [4.69, 9.17) is 18.9 Å². The van der Waals surface area contributed by atoms with E-state index in [-0.39, 0.29) is 12.4 Å². The van der Waals surface area contributed by atoms with Crippen molar-refractivity contribution in [3.05, 3.63) is 42.6 Å². The molecule has 156 valence electrons. The van der Waals surface area contributed by atoms with Gasteiger partial charge in [0.05, 0.1) is 37.4 Å². The molecule has 0 aliphatic rings. The number of aromatic nitrogens is 1. The van der Waals surface area contributed by atoms with Gasteiger partial charge in [-0.25, -0.2) is 4.98 Å². The minimum absolute atomic E-state index is 0. The Kier molecular flexibility index (Phi) is 8.40. The van der Waals surface area contributed by atoms with E-state index in [2.05, 4.69) is 4.98 Å². The molecule has 0 amide bonds. The summed E-state index contributed by atoms with van der Waals surface area (Å²) >= 11 is 0. The van der Waals surface area contributed by atoms with Crippen molar-refractivity contribution < 1.29 is 36.3 Å². The van der Waals surface area contributed by atoms with Crippen LogP contribution in [0.25, 0.3) is 22.0 Å². The number of aromatic amines is 1. The Bertz CT molecular complexity index is 946. The first-order valence-electron chi connectivity index (χ1n) is 9.85. The lowest BCUT2D eigenvalue weighted by atomic mass is 10.0. The lowest BCUT2D eigenvalue weighted by molar-refractivity contribution is -0.362. The Morgan fingerprint density at radius 2 is 1.21 bits per heavy atom. The van der Waals surface area contributed by atoms with Gasteiger partial charge in [0.15, 0.2) is 29.2 Å². The quantitative estimate of drug-likeness (QED) is 0.533. The van der Waals surface area contributed by atoms with Crippen LogP contribution in [0.2, 0.25) is 0 Å². The van der Waals surface area contributed by atoms with Crippen molar-refractivity contribution in [1.82, 2.24) is 0 Å². The topological polar surface area (TPSA) is 51.1 Å². The van der Waals surface area contributed by atoms with Gasteiger partial charge in [-0.3, -0.25) is 0 Å². The zero-order valence-electron chi connectivity index (χ0n) is 17.4. The molecule has 0 saturated carbocycles. The molecule has 1 heterocycles. The fourth-order valence-corrected chi connectivity index (χ4v) is 3.20. The number of halogens is 1. The lowest BCUT2D eigenvalue weighted by Gasteiger charge is -2.13. The summed E-state index contributed by atoms with van der Waals surface area (Å²) < 4.78 is 23.1. The molecule has 3 rings (SSSR count). The van der Waals surface area contributed by atoms with Crippen molar-refractivity contribution in [3.63, 3.8) is 0 Å². The van der Waals surface area contributed by atoms with E-state index in [9.17, 15) is 0 Å². The highest BCUT2D eigenvalue weighted by Crippen LogP contribution is 2.38. The monoisotopic (exact) mass is 417 g/mol. The number of pyridine rings is 1. The Balaban J connectivity index is 0.00000300. The van der Waals surface area contributed by atoms with E-state index in [0.29, 0.717) is 26.4 Å². The number of fused-ring (bicyclic) bond motifs is 1. The number of hydrogen-bond acceptors (Lipinski definition) is 4. The van der Waals surface area contributed by atoms with Gasteiger partial charge < -0.3 is 31.4 Å². The van der Waals surface area contributed by atoms with E-state index in [0.717, 1.165) is 45.0 Å². The molecule has 6 heteroatoms. The van der Waals surface area contributed by atoms with Crippen LogP contribution in [0.3, 0.4) is 0 Å². The summed E-state index contributed by atoms with van der Waals surface area (Å²) in [6.07, 6.45) is 1.94. The summed E-state index contributed by atoms with van der Waals surface area (Å²) in [6.45, 7) is 10.2. The molecule has 0 bridgehead atoms. The lowest BCUT2D eigenvalue weighted by Crippen LogP contribution is -3.00. The molecule has 29 heavy (non-hydrogen) atoms. The van der Waals surface area contributed by atoms with Crippen LogP contribution in [0.15, 0.2) is 42.6 Å². The molecular weight excluding hydrogens is 390 g/mol. The average molecular weight is 418 g/mol. The highest BCUT2D eigenvalue weighted by Gasteiger charge is 2.17. The first-order valence-corrected chi connectivity index (χ1v) is 9.85. The third-order valence-electron chi connectivity index (χ3n) is 4.31. The van der Waals surface area contributed by atoms with Gasteiger partial charge in [-0.05, 0) is 63.4 Å². The third-order valence-corrected chi connectivity index (χ3v) is 4.31. The van der Waals surface area contributed by atoms with Crippen LogP contribution in [-0.4, -0.2) is 26.4 Å². The van der Waals surface area contributed by atoms with Gasteiger partial charge in [0.25, 0.3) is 0 Å². The normalized spacial score (nSPS) is 10.3. The largest absolute Gasteiger partial charge is 1.00 e. The van der Waals surface area contributed by atoms with Crippen molar-refractivity contribution >= 4 is 10.8 Å². The molecule has 5 nitrogen and oxygen atoms in total. The molecule has 0 atom stereocenters. The number of rotatable bonds is 9. The summed E-state index contributed by atoms with van der Waals surface area (Å²) in [7, 11) is 0. The van der Waals surface area contributed by atoms with E-state index in [1.54, 1.807) is 0 Å². The maximum Gasteiger partial charge on any atom is 0.218 e. The summed E-state index contributed by atoms with van der Waals surface area (Å²) in [6, 6.07) is 12.1. The Labute approximate surface area is 178 Å². The molecule has 0 unspecified atom stereocenters. The molecule has 0 aliphatic heterocycles. The predicted molar refractivity (Wildman–Crippen MR) is 111 cm³/mol. The molecule has 0 aliphatic carbocycles. The fraction of sp³-hybridized carbons (Fsp3) is 0.348. The van der Waals surface area contributed by atoms with Crippen LogP contribution < -0.4 is 36.3 Å². The first-order chi connectivity index (χ1) is 13.7. The summed E-state index contributed by atoms with van der Waals surface area (Å²) in [5.74, 6) is 2.99. The molecule has 0 fully saturated rings. The van der Waals surface area contributed by atoms with Crippen LogP contribution in [0.4, 0.5) is 0 Å². The average Bonchev–Trinajstić information content (AvgIpc) is 2.70. The summed E-state index contributed by atoms with van der Waals surface area (Å²) in [5, 5.41) is 2.13. The van der Waals surface area contributed by atoms with E-state index in [1.165, 1.54) is 0 Å². The molecular formula is C23H28ClNO4. The highest BCUT2D eigenvalue weighted by molar-refractivity contribution is 5.95. The molecule has 1 N–H and O–H groups in total. The van der Waals surface area contributed by atoms with Gasteiger partial charge in [-0.1, -0.05) is 0 Å². The number of H-pyrrole nitrogens is 1. The van der Waals surface area contributed by atoms with Gasteiger partial charge in [0.1, 0.15) is 0 Å². The van der Waals surface area contributed by atoms with Crippen molar-refractivity contribution in [2.24, 2.45) is 0 Å². The first kappa shape index (κ1) is 22.6. The SMILES string of the molecule is CCOc1ccc(-c2[nH+]ccc3cc(OCC)c(OCC)cc23)cc1OCC.[Cl-]. The van der Waals surface area contributed by atoms with Crippen molar-refractivity contribution in [2.45, 2.75) is 27.7 Å². The second-order valence-electron chi connectivity index (χ2n) is 6.13. The number of nitrogens with one attached hydrogen (secondary N) is 1. The zero-order chi connectivity index (χ0) is 19.9. The van der Waals surface area contributed by atoms with Gasteiger partial charge in [-0.2, -0.15) is 0 Å². The van der Waals surface area contributed by atoms with Crippen LogP contribution in [-0.2, 0) is 0 Å². The van der Waals surface area contributed by atoms with Crippen LogP contribution >= 0.6 is 0 Å².